The number of hydrogen-bond donors (Lipinski definition) is 0. The SMILES string of the molecule is COc1ccc(C)c(I=O)c1. The quantitative estimate of drug-likeness (QED) is 0.767. The Bertz CT molecular complexity index is 271. The smallest absolute Gasteiger partial charge is 0.182 e. The summed E-state index contributed by atoms with van der Waals surface area (Å²) in [6, 6.07) is 5.62. The van der Waals surface area contributed by atoms with Crippen molar-refractivity contribution >= 4 is 21.2 Å². The van der Waals surface area contributed by atoms with E-state index in [-0.39, 0.29) is 0 Å². The number of methoxy groups -OCH3 is 1. The zero-order chi connectivity index (χ0) is 8.27. The summed E-state index contributed by atoms with van der Waals surface area (Å²) >= 11 is -1.07. The molecule has 0 aliphatic rings. The van der Waals surface area contributed by atoms with Crippen LogP contribution in [-0.4, -0.2) is 7.11 Å². The van der Waals surface area contributed by atoms with E-state index in [2.05, 4.69) is 0 Å². The minimum Gasteiger partial charge on any atom is -0.497 e. The van der Waals surface area contributed by atoms with E-state index in [9.17, 15) is 3.07 Å². The zero-order valence-electron chi connectivity index (χ0n) is 6.43. The number of rotatable bonds is 2. The van der Waals surface area contributed by atoms with Gasteiger partial charge in [0, 0.05) is 0 Å². The summed E-state index contributed by atoms with van der Waals surface area (Å²) in [5.74, 6) is 0.779. The van der Waals surface area contributed by atoms with Crippen LogP contribution in [-0.2, 0) is 3.07 Å². The van der Waals surface area contributed by atoms with Gasteiger partial charge in [0.2, 0.25) is 0 Å². The Morgan fingerprint density at radius 2 is 2.18 bits per heavy atom. The molecule has 0 fully saturated rings. The molecule has 0 aliphatic carbocycles. The molecule has 0 saturated carbocycles. The summed E-state index contributed by atoms with van der Waals surface area (Å²) < 4.78 is 16.6. The van der Waals surface area contributed by atoms with Gasteiger partial charge < -0.3 is 4.74 Å². The fraction of sp³-hybridized carbons (Fsp3) is 0.250. The summed E-state index contributed by atoms with van der Waals surface area (Å²) in [4.78, 5) is 0. The Morgan fingerprint density at radius 3 is 2.73 bits per heavy atom. The molecular formula is C8H9IO2. The van der Waals surface area contributed by atoms with Gasteiger partial charge in [-0.05, 0) is 24.6 Å². The maximum absolute atomic E-state index is 10.7. The summed E-state index contributed by atoms with van der Waals surface area (Å²) in [5, 5.41) is 0. The Balaban J connectivity index is 3.12. The molecule has 1 aromatic rings. The highest BCUT2D eigenvalue weighted by molar-refractivity contribution is 14.1. The van der Waals surface area contributed by atoms with Gasteiger partial charge in [0.05, 0.1) is 10.7 Å². The number of ether oxygens (including phenoxy) is 1. The highest BCUT2D eigenvalue weighted by Gasteiger charge is 1.98. The van der Waals surface area contributed by atoms with Crippen molar-refractivity contribution in [1.29, 1.82) is 0 Å². The minimum atomic E-state index is -1.07. The predicted molar refractivity (Wildman–Crippen MR) is 51.1 cm³/mol. The van der Waals surface area contributed by atoms with E-state index in [4.69, 9.17) is 4.74 Å². The van der Waals surface area contributed by atoms with Gasteiger partial charge in [-0.3, -0.25) is 3.07 Å². The summed E-state index contributed by atoms with van der Waals surface area (Å²) in [7, 11) is 1.61. The van der Waals surface area contributed by atoms with Gasteiger partial charge in [-0.2, -0.15) is 0 Å². The van der Waals surface area contributed by atoms with Crippen molar-refractivity contribution in [3.05, 3.63) is 27.3 Å². The van der Waals surface area contributed by atoms with E-state index in [1.165, 1.54) is 0 Å². The van der Waals surface area contributed by atoms with E-state index < -0.39 is 21.2 Å². The Kier molecular flexibility index (Phi) is 2.99. The lowest BCUT2D eigenvalue weighted by Gasteiger charge is -2.00. The van der Waals surface area contributed by atoms with Gasteiger partial charge in [-0.1, -0.05) is 6.07 Å². The second-order valence-electron chi connectivity index (χ2n) is 2.19. The molecule has 0 radical (unpaired) electrons. The molecule has 0 aliphatic heterocycles. The van der Waals surface area contributed by atoms with Crippen LogP contribution in [0.4, 0.5) is 0 Å². The monoisotopic (exact) mass is 264 g/mol. The third kappa shape index (κ3) is 1.99. The van der Waals surface area contributed by atoms with E-state index in [0.29, 0.717) is 0 Å². The van der Waals surface area contributed by atoms with E-state index in [1.807, 2.05) is 25.1 Å². The standard InChI is InChI=1S/C8H9IO2/c1-6-3-4-7(11-2)5-8(6)9-10/h3-5H,1-2H3. The maximum atomic E-state index is 10.7. The number of benzene rings is 1. The molecule has 1 aromatic carbocycles. The Morgan fingerprint density at radius 1 is 1.45 bits per heavy atom. The van der Waals surface area contributed by atoms with Gasteiger partial charge in [0.25, 0.3) is 0 Å². The van der Waals surface area contributed by atoms with Crippen LogP contribution in [0.2, 0.25) is 0 Å². The summed E-state index contributed by atoms with van der Waals surface area (Å²) in [5.41, 5.74) is 1.08. The van der Waals surface area contributed by atoms with Crippen molar-refractivity contribution in [2.24, 2.45) is 0 Å². The van der Waals surface area contributed by atoms with Crippen molar-refractivity contribution in [2.45, 2.75) is 6.92 Å². The first-order chi connectivity index (χ1) is 5.27. The van der Waals surface area contributed by atoms with Crippen LogP contribution in [0.15, 0.2) is 18.2 Å². The molecule has 11 heavy (non-hydrogen) atoms. The number of hydrogen-bond acceptors (Lipinski definition) is 2. The molecule has 0 heterocycles. The molecule has 0 unspecified atom stereocenters. The van der Waals surface area contributed by atoms with E-state index >= 15 is 0 Å². The fourth-order valence-corrected chi connectivity index (χ4v) is 1.74. The first-order valence-corrected chi connectivity index (χ1v) is 5.15. The van der Waals surface area contributed by atoms with Gasteiger partial charge in [-0.15, -0.1) is 0 Å². The average Bonchev–Trinajstić information content (AvgIpc) is 2.05. The van der Waals surface area contributed by atoms with E-state index in [0.717, 1.165) is 14.9 Å². The predicted octanol–water partition coefficient (Wildman–Crippen LogP) is 2.49. The van der Waals surface area contributed by atoms with Crippen LogP contribution in [0.3, 0.4) is 0 Å². The largest absolute Gasteiger partial charge is 0.497 e. The van der Waals surface area contributed by atoms with Gasteiger partial charge in [-0.25, -0.2) is 0 Å². The van der Waals surface area contributed by atoms with Gasteiger partial charge in [0.15, 0.2) is 21.2 Å². The molecule has 0 saturated heterocycles. The van der Waals surface area contributed by atoms with Crippen molar-refractivity contribution in [2.75, 3.05) is 7.11 Å². The highest BCUT2D eigenvalue weighted by atomic mass is 127. The fourth-order valence-electron chi connectivity index (χ4n) is 0.784. The van der Waals surface area contributed by atoms with E-state index in [1.54, 1.807) is 7.11 Å². The molecule has 0 spiro atoms. The lowest BCUT2D eigenvalue weighted by Crippen LogP contribution is -1.85. The molecule has 3 heteroatoms. The first kappa shape index (κ1) is 8.64. The summed E-state index contributed by atoms with van der Waals surface area (Å²) in [6.07, 6.45) is 0. The average molecular weight is 264 g/mol. The van der Waals surface area contributed by atoms with Crippen molar-refractivity contribution in [3.63, 3.8) is 0 Å². The third-order valence-corrected chi connectivity index (χ3v) is 3.10. The topological polar surface area (TPSA) is 26.3 Å². The molecule has 0 atom stereocenters. The Labute approximate surface area is 76.2 Å². The first-order valence-electron chi connectivity index (χ1n) is 3.19. The molecular weight excluding hydrogens is 255 g/mol. The lowest BCUT2D eigenvalue weighted by atomic mass is 10.2. The Hall–Kier alpha value is -0.450. The number of halogens is 1. The van der Waals surface area contributed by atoms with Crippen LogP contribution < -0.4 is 4.74 Å². The van der Waals surface area contributed by atoms with Crippen molar-refractivity contribution in [1.82, 2.24) is 0 Å². The second-order valence-corrected chi connectivity index (χ2v) is 3.79. The van der Waals surface area contributed by atoms with Crippen LogP contribution >= 0.6 is 21.2 Å². The third-order valence-electron chi connectivity index (χ3n) is 1.46. The molecule has 0 aromatic heterocycles. The second kappa shape index (κ2) is 3.80. The van der Waals surface area contributed by atoms with Gasteiger partial charge >= 0.3 is 0 Å². The molecule has 0 bridgehead atoms. The zero-order valence-corrected chi connectivity index (χ0v) is 8.58. The lowest BCUT2D eigenvalue weighted by molar-refractivity contribution is 0.414. The van der Waals surface area contributed by atoms with Gasteiger partial charge in [0.1, 0.15) is 5.75 Å². The van der Waals surface area contributed by atoms with Crippen LogP contribution in [0.5, 0.6) is 5.75 Å². The minimum absolute atomic E-state index is 0.779. The summed E-state index contributed by atoms with van der Waals surface area (Å²) in [6.45, 7) is 1.95. The number of aryl methyl sites for hydroxylation is 1. The normalized spacial score (nSPS) is 9.64. The molecule has 1 rings (SSSR count). The maximum Gasteiger partial charge on any atom is 0.182 e. The molecule has 0 N–H and O–H groups in total. The van der Waals surface area contributed by atoms with Crippen molar-refractivity contribution < 1.29 is 7.81 Å². The highest BCUT2D eigenvalue weighted by Crippen LogP contribution is 2.20. The molecule has 0 amide bonds. The van der Waals surface area contributed by atoms with Crippen LogP contribution in [0.25, 0.3) is 0 Å². The van der Waals surface area contributed by atoms with Crippen LogP contribution in [0.1, 0.15) is 5.56 Å². The molecule has 2 nitrogen and oxygen atoms in total. The van der Waals surface area contributed by atoms with Crippen molar-refractivity contribution in [3.8, 4) is 5.75 Å². The van der Waals surface area contributed by atoms with Crippen LogP contribution in [0, 0.1) is 10.5 Å². The molecule has 60 valence electrons.